The summed E-state index contributed by atoms with van der Waals surface area (Å²) in [5, 5.41) is 17.3. The lowest BCUT2D eigenvalue weighted by Crippen LogP contribution is -2.38. The van der Waals surface area contributed by atoms with Gasteiger partial charge in [0.15, 0.2) is 5.82 Å². The summed E-state index contributed by atoms with van der Waals surface area (Å²) >= 11 is 0. The minimum absolute atomic E-state index is 0.00344. The zero-order chi connectivity index (χ0) is 30.4. The maximum atomic E-state index is 13.8. The predicted molar refractivity (Wildman–Crippen MR) is 164 cm³/mol. The molecule has 1 amide bonds. The minimum atomic E-state index is -3.83. The van der Waals surface area contributed by atoms with Crippen LogP contribution in [0.1, 0.15) is 67.6 Å². The number of ether oxygens (including phenoxy) is 1. The lowest BCUT2D eigenvalue weighted by Gasteiger charge is -2.30. The van der Waals surface area contributed by atoms with Crippen molar-refractivity contribution in [3.8, 4) is 11.1 Å². The average molecular weight is 603 g/mol. The van der Waals surface area contributed by atoms with E-state index in [2.05, 4.69) is 50.2 Å². The number of H-pyrrole nitrogens is 1. The lowest BCUT2D eigenvalue weighted by atomic mass is 9.98. The lowest BCUT2D eigenvalue weighted by molar-refractivity contribution is 0.142. The molecule has 226 valence electrons. The van der Waals surface area contributed by atoms with E-state index in [1.54, 1.807) is 24.3 Å². The van der Waals surface area contributed by atoms with Gasteiger partial charge in [-0.1, -0.05) is 85.3 Å². The third-order valence-corrected chi connectivity index (χ3v) is 9.59. The van der Waals surface area contributed by atoms with Crippen LogP contribution in [0.4, 0.5) is 4.79 Å². The van der Waals surface area contributed by atoms with Crippen LogP contribution in [-0.4, -0.2) is 59.1 Å². The first kappa shape index (κ1) is 30.4. The number of tetrazole rings is 1. The Kier molecular flexibility index (Phi) is 9.52. The number of alkyl carbamates (subject to hydrolysis) is 1. The molecule has 0 saturated carbocycles. The molecule has 0 saturated heterocycles. The van der Waals surface area contributed by atoms with E-state index in [4.69, 9.17) is 4.74 Å². The summed E-state index contributed by atoms with van der Waals surface area (Å²) in [4.78, 5) is 12.8. The molecule has 0 unspecified atom stereocenters. The number of amides is 1. The highest BCUT2D eigenvalue weighted by Crippen LogP contribution is 2.44. The van der Waals surface area contributed by atoms with Crippen molar-refractivity contribution in [3.63, 3.8) is 0 Å². The molecule has 0 radical (unpaired) electrons. The number of aromatic amines is 1. The Morgan fingerprint density at radius 3 is 2.23 bits per heavy atom. The number of hydrogen-bond acceptors (Lipinski definition) is 7. The van der Waals surface area contributed by atoms with Crippen LogP contribution in [0.5, 0.6) is 0 Å². The fourth-order valence-electron chi connectivity index (χ4n) is 5.61. The van der Waals surface area contributed by atoms with Crippen LogP contribution >= 0.6 is 0 Å². The number of fused-ring (bicyclic) bond motifs is 3. The Bertz CT molecular complexity index is 1580. The van der Waals surface area contributed by atoms with Gasteiger partial charge < -0.3 is 10.1 Å². The number of nitrogens with one attached hydrogen (secondary N) is 2. The van der Waals surface area contributed by atoms with Crippen molar-refractivity contribution in [2.24, 2.45) is 5.92 Å². The first-order valence-electron chi connectivity index (χ1n) is 14.7. The number of nitrogens with zero attached hydrogens (tertiary/aromatic N) is 4. The van der Waals surface area contributed by atoms with Crippen molar-refractivity contribution >= 4 is 16.1 Å². The molecule has 0 fully saturated rings. The van der Waals surface area contributed by atoms with Crippen LogP contribution in [-0.2, 0) is 14.8 Å². The Morgan fingerprint density at radius 1 is 0.977 bits per heavy atom. The molecular formula is C32H38N6O4S. The number of carbonyl (C=O) groups excluding carboxylic acids is 1. The van der Waals surface area contributed by atoms with Gasteiger partial charge >= 0.3 is 6.09 Å². The van der Waals surface area contributed by atoms with Crippen LogP contribution in [0.3, 0.4) is 0 Å². The summed E-state index contributed by atoms with van der Waals surface area (Å²) in [7, 11) is -3.83. The van der Waals surface area contributed by atoms with Gasteiger partial charge in [-0.2, -0.15) is 9.52 Å². The van der Waals surface area contributed by atoms with Gasteiger partial charge in [0.1, 0.15) is 6.61 Å². The SMILES string of the molecule is Cc1ccc(S(=O)(=O)N(CC(C)C)[C@@H](CCCCNC(=O)OCC2c3ccccc3-c3ccccc32)c2nn[nH]n2)cc1. The van der Waals surface area contributed by atoms with E-state index >= 15 is 0 Å². The number of hydrogen-bond donors (Lipinski definition) is 2. The number of benzene rings is 3. The van der Waals surface area contributed by atoms with Crippen LogP contribution in [0.2, 0.25) is 0 Å². The quantitative estimate of drug-likeness (QED) is 0.190. The summed E-state index contributed by atoms with van der Waals surface area (Å²) < 4.78 is 34.7. The van der Waals surface area contributed by atoms with Gasteiger partial charge in [-0.3, -0.25) is 0 Å². The predicted octanol–water partition coefficient (Wildman–Crippen LogP) is 5.61. The Hall–Kier alpha value is -4.09. The largest absolute Gasteiger partial charge is 0.449 e. The van der Waals surface area contributed by atoms with E-state index in [0.29, 0.717) is 38.2 Å². The summed E-state index contributed by atoms with van der Waals surface area (Å²) in [6, 6.07) is 22.7. The maximum Gasteiger partial charge on any atom is 0.407 e. The molecule has 2 N–H and O–H groups in total. The topological polar surface area (TPSA) is 130 Å². The molecule has 11 heteroatoms. The van der Waals surface area contributed by atoms with Gasteiger partial charge in [0.25, 0.3) is 0 Å². The molecule has 1 aliphatic carbocycles. The maximum absolute atomic E-state index is 13.8. The highest BCUT2D eigenvalue weighted by atomic mass is 32.2. The van der Waals surface area contributed by atoms with Crippen LogP contribution in [0, 0.1) is 12.8 Å². The summed E-state index contributed by atoms with van der Waals surface area (Å²) in [5.41, 5.74) is 5.66. The molecule has 0 spiro atoms. The zero-order valence-corrected chi connectivity index (χ0v) is 25.5. The summed E-state index contributed by atoms with van der Waals surface area (Å²) in [6.45, 7) is 6.81. The average Bonchev–Trinajstić information content (AvgIpc) is 3.64. The van der Waals surface area contributed by atoms with Gasteiger partial charge in [0.05, 0.1) is 10.9 Å². The van der Waals surface area contributed by atoms with Crippen molar-refractivity contribution in [1.82, 2.24) is 30.2 Å². The van der Waals surface area contributed by atoms with Crippen molar-refractivity contribution in [2.45, 2.75) is 56.9 Å². The van der Waals surface area contributed by atoms with Crippen LogP contribution in [0.15, 0.2) is 77.7 Å². The van der Waals surface area contributed by atoms with Crippen molar-refractivity contribution < 1.29 is 17.9 Å². The van der Waals surface area contributed by atoms with Crippen molar-refractivity contribution in [2.75, 3.05) is 19.7 Å². The third kappa shape index (κ3) is 6.94. The number of carbonyl (C=O) groups is 1. The number of aryl methyl sites for hydroxylation is 1. The molecule has 1 aliphatic rings. The number of rotatable bonds is 13. The number of sulfonamides is 1. The molecule has 1 heterocycles. The minimum Gasteiger partial charge on any atom is -0.449 e. The van der Waals surface area contributed by atoms with E-state index in [0.717, 1.165) is 16.7 Å². The van der Waals surface area contributed by atoms with E-state index in [1.807, 2.05) is 45.0 Å². The fraction of sp³-hybridized carbons (Fsp3) is 0.375. The Morgan fingerprint density at radius 2 is 1.63 bits per heavy atom. The molecule has 0 bridgehead atoms. The smallest absolute Gasteiger partial charge is 0.407 e. The zero-order valence-electron chi connectivity index (χ0n) is 24.7. The number of unbranched alkanes of at least 4 members (excludes halogenated alkanes) is 1. The normalized spacial score (nSPS) is 13.6. The fourth-order valence-corrected chi connectivity index (χ4v) is 7.39. The molecule has 3 aromatic carbocycles. The van der Waals surface area contributed by atoms with Crippen LogP contribution < -0.4 is 5.32 Å². The van der Waals surface area contributed by atoms with Gasteiger partial charge in [-0.25, -0.2) is 13.2 Å². The molecule has 0 aliphatic heterocycles. The summed E-state index contributed by atoms with van der Waals surface area (Å²) in [5.74, 6) is 0.391. The first-order chi connectivity index (χ1) is 20.8. The molecule has 4 aromatic rings. The first-order valence-corrected chi connectivity index (χ1v) is 16.1. The second kappa shape index (κ2) is 13.5. The highest BCUT2D eigenvalue weighted by molar-refractivity contribution is 7.89. The van der Waals surface area contributed by atoms with Crippen molar-refractivity contribution in [1.29, 1.82) is 0 Å². The molecule has 1 aromatic heterocycles. The molecule has 5 rings (SSSR count). The second-order valence-electron chi connectivity index (χ2n) is 11.3. The molecule has 43 heavy (non-hydrogen) atoms. The standard InChI is InChI=1S/C32H38N6O4S/c1-22(2)20-38(43(40,41)24-17-15-23(3)16-18-24)30(31-34-36-37-35-31)14-8-9-19-33-32(39)42-21-29-27-12-6-4-10-25(27)26-11-5-7-13-28(26)29/h4-7,10-13,15-18,22,29-30H,8-9,14,19-21H2,1-3H3,(H,33,39)(H,34,35,36,37)/t30-/m0/s1. The number of aromatic nitrogens is 4. The van der Waals surface area contributed by atoms with Gasteiger partial charge in [0.2, 0.25) is 10.0 Å². The van der Waals surface area contributed by atoms with E-state index in [1.165, 1.54) is 15.4 Å². The van der Waals surface area contributed by atoms with E-state index in [9.17, 15) is 13.2 Å². The summed E-state index contributed by atoms with van der Waals surface area (Å²) in [6.07, 6.45) is 1.24. The monoisotopic (exact) mass is 602 g/mol. The highest BCUT2D eigenvalue weighted by Gasteiger charge is 2.35. The molecule has 1 atom stereocenters. The van der Waals surface area contributed by atoms with Gasteiger partial charge in [-0.05, 0) is 66.5 Å². The molecular weight excluding hydrogens is 564 g/mol. The van der Waals surface area contributed by atoms with Crippen LogP contribution in [0.25, 0.3) is 11.1 Å². The van der Waals surface area contributed by atoms with E-state index in [-0.39, 0.29) is 23.3 Å². The van der Waals surface area contributed by atoms with E-state index < -0.39 is 22.2 Å². The van der Waals surface area contributed by atoms with Gasteiger partial charge in [0, 0.05) is 19.0 Å². The Labute approximate surface area is 252 Å². The van der Waals surface area contributed by atoms with Gasteiger partial charge in [-0.15, -0.1) is 10.2 Å². The Balaban J connectivity index is 1.18. The second-order valence-corrected chi connectivity index (χ2v) is 13.2. The third-order valence-electron chi connectivity index (χ3n) is 7.70. The molecule has 10 nitrogen and oxygen atoms in total. The van der Waals surface area contributed by atoms with Crippen molar-refractivity contribution in [3.05, 3.63) is 95.3 Å².